The second-order valence-electron chi connectivity index (χ2n) is 10.5. The fourth-order valence-corrected chi connectivity index (χ4v) is 6.21. The van der Waals surface area contributed by atoms with Gasteiger partial charge in [-0.15, -0.1) is 0 Å². The molecule has 1 aromatic carbocycles. The number of aliphatic imine (C=N–C) groups is 1. The number of carbonyl (C=O) groups excluding carboxylic acids is 1. The average molecular weight is 464 g/mol. The fourth-order valence-electron chi connectivity index (χ4n) is 6.21. The molecule has 3 aliphatic heterocycles. The van der Waals surface area contributed by atoms with Gasteiger partial charge in [0.2, 0.25) is 0 Å². The lowest BCUT2D eigenvalue weighted by Crippen LogP contribution is -2.41. The monoisotopic (exact) mass is 463 g/mol. The first-order valence-corrected chi connectivity index (χ1v) is 13.9. The summed E-state index contributed by atoms with van der Waals surface area (Å²) in [5, 5.41) is 0. The molecule has 0 N–H and O–H groups in total. The molecular formula is C29H41N3O2. The molecule has 0 unspecified atom stereocenters. The zero-order chi connectivity index (χ0) is 23.3. The summed E-state index contributed by atoms with van der Waals surface area (Å²) in [5.74, 6) is 0.454. The summed E-state index contributed by atoms with van der Waals surface area (Å²) in [5.41, 5.74) is 5.44. The Morgan fingerprint density at radius 2 is 1.68 bits per heavy atom. The Morgan fingerprint density at radius 3 is 2.38 bits per heavy atom. The molecule has 1 saturated heterocycles. The van der Waals surface area contributed by atoms with E-state index < -0.39 is 0 Å². The second-order valence-corrected chi connectivity index (χ2v) is 10.5. The highest BCUT2D eigenvalue weighted by atomic mass is 16.5. The summed E-state index contributed by atoms with van der Waals surface area (Å²) in [4.78, 5) is 22.8. The molecule has 5 rings (SSSR count). The van der Waals surface area contributed by atoms with E-state index in [1.54, 1.807) is 0 Å². The van der Waals surface area contributed by atoms with E-state index in [0.29, 0.717) is 11.8 Å². The average Bonchev–Trinajstić information content (AvgIpc) is 3.16. The molecule has 1 saturated carbocycles. The third-order valence-corrected chi connectivity index (χ3v) is 7.94. The largest absolute Gasteiger partial charge is 0.420 e. The number of carbonyl (C=O) groups is 1. The van der Waals surface area contributed by atoms with E-state index in [1.807, 2.05) is 11.0 Å². The molecule has 0 bridgehead atoms. The van der Waals surface area contributed by atoms with Crippen LogP contribution in [0.2, 0.25) is 0 Å². The van der Waals surface area contributed by atoms with Crippen molar-refractivity contribution in [3.05, 3.63) is 34.6 Å². The van der Waals surface area contributed by atoms with Gasteiger partial charge in [0.1, 0.15) is 0 Å². The molecule has 1 aliphatic carbocycles. The van der Waals surface area contributed by atoms with Crippen LogP contribution in [0, 0.1) is 0 Å². The van der Waals surface area contributed by atoms with Crippen LogP contribution in [0.3, 0.4) is 0 Å². The van der Waals surface area contributed by atoms with Crippen molar-refractivity contribution in [2.24, 2.45) is 4.99 Å². The maximum absolute atomic E-state index is 13.5. The maximum Gasteiger partial charge on any atom is 0.300 e. The van der Waals surface area contributed by atoms with E-state index >= 15 is 0 Å². The Kier molecular flexibility index (Phi) is 7.56. The van der Waals surface area contributed by atoms with Gasteiger partial charge in [0.25, 0.3) is 5.91 Å². The number of aryl methyl sites for hydroxylation is 2. The van der Waals surface area contributed by atoms with Crippen LogP contribution < -0.4 is 4.90 Å². The lowest BCUT2D eigenvalue weighted by molar-refractivity contribution is -0.124. The first-order valence-electron chi connectivity index (χ1n) is 13.9. The fraction of sp³-hybridized carbons (Fsp3) is 0.655. The van der Waals surface area contributed by atoms with Crippen LogP contribution in [0.1, 0.15) is 101 Å². The number of amidine groups is 1. The molecule has 5 heteroatoms. The molecule has 184 valence electrons. The molecule has 34 heavy (non-hydrogen) atoms. The Morgan fingerprint density at radius 1 is 0.971 bits per heavy atom. The molecule has 0 aromatic heterocycles. The lowest BCUT2D eigenvalue weighted by Gasteiger charge is -2.37. The molecule has 0 atom stereocenters. The molecular weight excluding hydrogens is 422 g/mol. The summed E-state index contributed by atoms with van der Waals surface area (Å²) in [6.45, 7) is 5.33. The second kappa shape index (κ2) is 11.0. The predicted octanol–water partition coefficient (Wildman–Crippen LogP) is 6.24. The van der Waals surface area contributed by atoms with Crippen LogP contribution in [0.4, 0.5) is 5.69 Å². The molecule has 5 nitrogen and oxygen atoms in total. The van der Waals surface area contributed by atoms with Crippen molar-refractivity contribution in [3.8, 4) is 0 Å². The van der Waals surface area contributed by atoms with Gasteiger partial charge in [-0.2, -0.15) is 0 Å². The van der Waals surface area contributed by atoms with E-state index in [4.69, 9.17) is 9.73 Å². The number of nitrogens with zero attached hydrogens (tertiary/aromatic N) is 3. The van der Waals surface area contributed by atoms with Crippen LogP contribution >= 0.6 is 0 Å². The zero-order valence-corrected chi connectivity index (χ0v) is 21.0. The molecule has 0 spiro atoms. The van der Waals surface area contributed by atoms with Gasteiger partial charge >= 0.3 is 6.02 Å². The van der Waals surface area contributed by atoms with Gasteiger partial charge in [-0.05, 0) is 79.8 Å². The maximum atomic E-state index is 13.5. The third-order valence-electron chi connectivity index (χ3n) is 7.94. The zero-order valence-electron chi connectivity index (χ0n) is 21.0. The van der Waals surface area contributed by atoms with Gasteiger partial charge in [0.05, 0.1) is 0 Å². The highest BCUT2D eigenvalue weighted by molar-refractivity contribution is 6.11. The highest BCUT2D eigenvalue weighted by Crippen LogP contribution is 2.37. The number of hydrogen-bond donors (Lipinski definition) is 0. The van der Waals surface area contributed by atoms with Crippen LogP contribution in [0.25, 0.3) is 6.08 Å². The molecule has 3 heterocycles. The number of unbranched alkanes of at least 4 members (excludes halogenated alkanes) is 4. The van der Waals surface area contributed by atoms with Crippen LogP contribution in [0.5, 0.6) is 0 Å². The summed E-state index contributed by atoms with van der Waals surface area (Å²) < 4.78 is 6.20. The first kappa shape index (κ1) is 23.4. The number of hydrogen-bond acceptors (Lipinski definition) is 4. The van der Waals surface area contributed by atoms with E-state index in [0.717, 1.165) is 44.2 Å². The van der Waals surface area contributed by atoms with Crippen molar-refractivity contribution < 1.29 is 9.53 Å². The van der Waals surface area contributed by atoms with Crippen molar-refractivity contribution in [1.29, 1.82) is 0 Å². The van der Waals surface area contributed by atoms with Crippen molar-refractivity contribution in [3.63, 3.8) is 0 Å². The summed E-state index contributed by atoms with van der Waals surface area (Å²) in [6.07, 6.45) is 18.4. The van der Waals surface area contributed by atoms with E-state index in [-0.39, 0.29) is 11.9 Å². The van der Waals surface area contributed by atoms with Gasteiger partial charge in [-0.25, -0.2) is 4.99 Å². The minimum atomic E-state index is 0.00428. The van der Waals surface area contributed by atoms with Gasteiger partial charge in [0, 0.05) is 31.4 Å². The highest BCUT2D eigenvalue weighted by Gasteiger charge is 2.40. The molecule has 0 radical (unpaired) electrons. The van der Waals surface area contributed by atoms with Gasteiger partial charge in [-0.1, -0.05) is 51.9 Å². The number of amides is 1. The standard InChI is InChI=1S/C29H41N3O2/c1-2-3-4-5-9-16-30-29-32(25-14-7-6-8-15-25)28(33)26(34-29)21-22-19-23-12-10-17-31-18-11-13-24(20-22)27(23)31/h19-21,25H,2-18H2,1H3/b26-21+,30-29-. The SMILES string of the molecule is CCCCCCC/N=C1\O/C(=C/c2cc3c4c(c2)CCCN4CCC3)C(=O)N1C1CCCCC1. The van der Waals surface area contributed by atoms with E-state index in [2.05, 4.69) is 24.0 Å². The van der Waals surface area contributed by atoms with Crippen LogP contribution in [0.15, 0.2) is 22.9 Å². The predicted molar refractivity (Wildman–Crippen MR) is 139 cm³/mol. The van der Waals surface area contributed by atoms with Gasteiger partial charge in [-0.3, -0.25) is 9.69 Å². The Bertz CT molecular complexity index is 914. The molecule has 1 aromatic rings. The molecule has 2 fully saturated rings. The number of benzene rings is 1. The first-order chi connectivity index (χ1) is 16.7. The number of anilines is 1. The van der Waals surface area contributed by atoms with Crippen molar-refractivity contribution in [2.75, 3.05) is 24.5 Å². The Hall–Kier alpha value is -2.30. The normalized spacial score (nSPS) is 23.0. The third kappa shape index (κ3) is 5.04. The number of ether oxygens (including phenoxy) is 1. The van der Waals surface area contributed by atoms with Gasteiger partial charge < -0.3 is 9.64 Å². The lowest BCUT2D eigenvalue weighted by atomic mass is 9.90. The Balaban J connectivity index is 1.37. The topological polar surface area (TPSA) is 45.1 Å². The quantitative estimate of drug-likeness (QED) is 0.338. The summed E-state index contributed by atoms with van der Waals surface area (Å²) in [7, 11) is 0. The van der Waals surface area contributed by atoms with Crippen LogP contribution in [-0.2, 0) is 22.4 Å². The van der Waals surface area contributed by atoms with Crippen molar-refractivity contribution >= 4 is 23.7 Å². The number of rotatable bonds is 8. The molecule has 4 aliphatic rings. The minimum Gasteiger partial charge on any atom is -0.420 e. The van der Waals surface area contributed by atoms with E-state index in [9.17, 15) is 4.79 Å². The van der Waals surface area contributed by atoms with E-state index in [1.165, 1.54) is 87.7 Å². The summed E-state index contributed by atoms with van der Waals surface area (Å²) >= 11 is 0. The molecule has 1 amide bonds. The van der Waals surface area contributed by atoms with Gasteiger partial charge in [0.15, 0.2) is 5.76 Å². The van der Waals surface area contributed by atoms with Crippen LogP contribution in [-0.4, -0.2) is 42.5 Å². The van der Waals surface area contributed by atoms with Crippen molar-refractivity contribution in [1.82, 2.24) is 4.90 Å². The Labute approximate surface area is 205 Å². The summed E-state index contributed by atoms with van der Waals surface area (Å²) in [6, 6.07) is 5.34. The minimum absolute atomic E-state index is 0.00428. The smallest absolute Gasteiger partial charge is 0.300 e. The van der Waals surface area contributed by atoms with Crippen molar-refractivity contribution in [2.45, 2.75) is 103 Å².